The quantitative estimate of drug-likeness (QED) is 0.249. The lowest BCUT2D eigenvalue weighted by Gasteiger charge is -2.60. The third-order valence-corrected chi connectivity index (χ3v) is 13.8. The Kier molecular flexibility index (Phi) is 8.38. The van der Waals surface area contributed by atoms with Gasteiger partial charge in [-0.25, -0.2) is 0 Å². The van der Waals surface area contributed by atoms with Crippen molar-refractivity contribution in [3.05, 3.63) is 12.2 Å². The number of hydrogen-bond donors (Lipinski definition) is 0. The lowest BCUT2D eigenvalue weighted by molar-refractivity contribution is -0.156. The van der Waals surface area contributed by atoms with Crippen LogP contribution in [0.2, 0.25) is 0 Å². The summed E-state index contributed by atoms with van der Waals surface area (Å²) in [5.74, 6) is -2.34. The molecule has 8 heteroatoms. The van der Waals surface area contributed by atoms with Crippen LogP contribution in [-0.2, 0) is 33.4 Å². The number of rotatable bonds is 10. The maximum absolute atomic E-state index is 14.0. The van der Waals surface area contributed by atoms with Crippen LogP contribution in [0.5, 0.6) is 0 Å². The molecule has 0 aromatic carbocycles. The first-order valence-electron chi connectivity index (χ1n) is 16.7. The zero-order valence-corrected chi connectivity index (χ0v) is 28.2. The van der Waals surface area contributed by atoms with Crippen LogP contribution in [0.25, 0.3) is 0 Å². The predicted molar refractivity (Wildman–Crippen MR) is 165 cm³/mol. The molecule has 4 saturated carbocycles. The average Bonchev–Trinajstić information content (AvgIpc) is 3.56. The minimum absolute atomic E-state index is 0.0519. The number of likely N-dealkylation sites (N-methyl/N-ethyl adjacent to an activating group) is 1. The van der Waals surface area contributed by atoms with E-state index in [-0.39, 0.29) is 70.3 Å². The molecule has 5 aliphatic carbocycles. The molecule has 0 amide bonds. The number of carbonyl (C=O) groups excluding carboxylic acids is 5. The highest BCUT2D eigenvalue weighted by molar-refractivity contribution is 6.38. The van der Waals surface area contributed by atoms with Crippen molar-refractivity contribution < 1.29 is 33.4 Å². The Morgan fingerprint density at radius 3 is 2.34 bits per heavy atom. The summed E-state index contributed by atoms with van der Waals surface area (Å²) in [6.07, 6.45) is 9.40. The molecule has 1 unspecified atom stereocenters. The number of ketones is 3. The second-order valence-corrected chi connectivity index (χ2v) is 16.1. The summed E-state index contributed by atoms with van der Waals surface area (Å²) < 4.78 is 11.4. The Balaban J connectivity index is 1.38. The summed E-state index contributed by atoms with van der Waals surface area (Å²) in [4.78, 5) is 66.4. The van der Waals surface area contributed by atoms with E-state index in [0.717, 1.165) is 32.1 Å². The van der Waals surface area contributed by atoms with Crippen molar-refractivity contribution in [2.24, 2.45) is 63.1 Å². The van der Waals surface area contributed by atoms with Crippen molar-refractivity contribution in [3.63, 3.8) is 0 Å². The molecule has 0 radical (unpaired) electrons. The smallest absolute Gasteiger partial charge is 0.320 e. The highest BCUT2D eigenvalue weighted by atomic mass is 16.5. The van der Waals surface area contributed by atoms with Gasteiger partial charge in [-0.2, -0.15) is 0 Å². The van der Waals surface area contributed by atoms with Crippen LogP contribution in [0.15, 0.2) is 12.2 Å². The third kappa shape index (κ3) is 4.75. The Morgan fingerprint density at radius 1 is 1.02 bits per heavy atom. The maximum Gasteiger partial charge on any atom is 0.320 e. The lowest BCUT2D eigenvalue weighted by atomic mass is 9.43. The molecule has 0 aromatic heterocycles. The Hall–Kier alpha value is -2.35. The topological polar surface area (TPSA) is 107 Å². The number of ether oxygens (including phenoxy) is 2. The van der Waals surface area contributed by atoms with Crippen LogP contribution >= 0.6 is 0 Å². The molecule has 0 heterocycles. The zero-order chi connectivity index (χ0) is 32.6. The van der Waals surface area contributed by atoms with E-state index < -0.39 is 29.5 Å². The normalized spacial score (nSPS) is 42.2. The molecular weight excluding hydrogens is 558 g/mol. The van der Waals surface area contributed by atoms with Gasteiger partial charge in [0.2, 0.25) is 11.6 Å². The fourth-order valence-corrected chi connectivity index (χ4v) is 11.1. The van der Waals surface area contributed by atoms with E-state index >= 15 is 0 Å². The van der Waals surface area contributed by atoms with Gasteiger partial charge in [-0.15, -0.1) is 0 Å². The number of nitrogens with zero attached hydrogens (tertiary/aromatic N) is 1. The lowest BCUT2D eigenvalue weighted by Crippen LogP contribution is -2.55. The summed E-state index contributed by atoms with van der Waals surface area (Å²) in [6, 6.07) is 0. The van der Waals surface area contributed by atoms with Gasteiger partial charge in [0, 0.05) is 36.5 Å². The zero-order valence-electron chi connectivity index (χ0n) is 28.2. The van der Waals surface area contributed by atoms with Gasteiger partial charge >= 0.3 is 11.9 Å². The first-order valence-corrected chi connectivity index (χ1v) is 16.7. The second kappa shape index (κ2) is 11.2. The Labute approximate surface area is 263 Å². The fourth-order valence-electron chi connectivity index (χ4n) is 11.1. The largest absolute Gasteiger partial charge is 0.464 e. The molecule has 0 aromatic rings. The molecule has 0 bridgehead atoms. The average molecular weight is 612 g/mol. The highest BCUT2D eigenvalue weighted by Crippen LogP contribution is 2.87. The number of Topliss-reactive ketones (excluding diaryl/α,β-unsaturated/α-hetero) is 2. The summed E-state index contributed by atoms with van der Waals surface area (Å²) in [7, 11) is 3.56. The van der Waals surface area contributed by atoms with E-state index in [1.54, 1.807) is 25.9 Å². The van der Waals surface area contributed by atoms with E-state index in [1.807, 2.05) is 19.9 Å². The molecule has 0 aliphatic heterocycles. The molecular formula is C36H53NO7. The van der Waals surface area contributed by atoms with Crippen molar-refractivity contribution in [1.29, 1.82) is 0 Å². The standard InChI is InChI=1S/C36H53NO7/c1-20(18-43-29(40)17-37(8)9)21(2)31(41)32(42)23(4)30-27(44-24(5)38)16-34(7)28-11-10-25-22(3)26(39)12-13-35(25)19-36(28,35)15-14-33(30,34)6/h12-13,20-23,25,27-28,30H,10-11,14-19H2,1-9H3/t20-,21?,22-,23-,25-,27-,28-,30-,33+,34-,35+,36-/m0/s1. The van der Waals surface area contributed by atoms with Gasteiger partial charge in [0.15, 0.2) is 5.78 Å². The molecule has 5 aliphatic rings. The summed E-state index contributed by atoms with van der Waals surface area (Å²) in [5, 5.41) is 0. The van der Waals surface area contributed by atoms with E-state index in [1.165, 1.54) is 6.92 Å². The molecule has 0 N–H and O–H groups in total. The van der Waals surface area contributed by atoms with E-state index in [4.69, 9.17) is 9.47 Å². The monoisotopic (exact) mass is 611 g/mol. The third-order valence-electron chi connectivity index (χ3n) is 13.8. The SMILES string of the molecule is CC(=O)O[C@H]1C[C@@]2(C)[C@@H]3CC[C@H]4[C@H](C)C(=O)C=C[C@@]45C[C@@]35CC[C@]2(C)[C@H]1[C@H](C)C(=O)C(=O)C(C)[C@@H](C)COC(=O)CN(C)C. The van der Waals surface area contributed by atoms with Gasteiger partial charge in [-0.1, -0.05) is 47.6 Å². The van der Waals surface area contributed by atoms with Crippen LogP contribution in [0, 0.1) is 63.1 Å². The van der Waals surface area contributed by atoms with Gasteiger partial charge in [-0.3, -0.25) is 28.9 Å². The molecule has 12 atom stereocenters. The van der Waals surface area contributed by atoms with Gasteiger partial charge in [0.25, 0.3) is 0 Å². The van der Waals surface area contributed by atoms with Crippen molar-refractivity contribution in [2.45, 2.75) is 93.1 Å². The summed E-state index contributed by atoms with van der Waals surface area (Å²) in [5.41, 5.74) is -0.268. The van der Waals surface area contributed by atoms with E-state index in [0.29, 0.717) is 18.3 Å². The Morgan fingerprint density at radius 2 is 1.70 bits per heavy atom. The number of allylic oxidation sites excluding steroid dienone is 2. The van der Waals surface area contributed by atoms with Crippen molar-refractivity contribution in [2.75, 3.05) is 27.2 Å². The van der Waals surface area contributed by atoms with Crippen molar-refractivity contribution in [1.82, 2.24) is 4.90 Å². The Bertz CT molecular complexity index is 1270. The molecule has 0 saturated heterocycles. The van der Waals surface area contributed by atoms with Gasteiger partial charge in [-0.05, 0) is 92.2 Å². The number of hydrogen-bond acceptors (Lipinski definition) is 8. The fraction of sp³-hybridized carbons (Fsp3) is 0.806. The van der Waals surface area contributed by atoms with Gasteiger partial charge in [0.05, 0.1) is 13.2 Å². The number of carbonyl (C=O) groups is 5. The molecule has 44 heavy (non-hydrogen) atoms. The molecule has 8 nitrogen and oxygen atoms in total. The van der Waals surface area contributed by atoms with Crippen LogP contribution in [0.3, 0.4) is 0 Å². The molecule has 4 fully saturated rings. The minimum atomic E-state index is -0.615. The first-order chi connectivity index (χ1) is 20.5. The van der Waals surface area contributed by atoms with E-state index in [2.05, 4.69) is 26.8 Å². The molecule has 2 spiro atoms. The summed E-state index contributed by atoms with van der Waals surface area (Å²) >= 11 is 0. The molecule has 5 rings (SSSR count). The van der Waals surface area contributed by atoms with Crippen LogP contribution in [-0.4, -0.2) is 67.5 Å². The van der Waals surface area contributed by atoms with Gasteiger partial charge < -0.3 is 9.47 Å². The first kappa shape index (κ1) is 33.0. The number of esters is 2. The van der Waals surface area contributed by atoms with Crippen LogP contribution in [0.4, 0.5) is 0 Å². The van der Waals surface area contributed by atoms with Crippen LogP contribution < -0.4 is 0 Å². The van der Waals surface area contributed by atoms with Crippen LogP contribution in [0.1, 0.15) is 87.0 Å². The van der Waals surface area contributed by atoms with Crippen molar-refractivity contribution in [3.8, 4) is 0 Å². The highest BCUT2D eigenvalue weighted by Gasteiger charge is 2.81. The maximum atomic E-state index is 14.0. The second-order valence-electron chi connectivity index (χ2n) is 16.1. The molecule has 244 valence electrons. The minimum Gasteiger partial charge on any atom is -0.464 e. The summed E-state index contributed by atoms with van der Waals surface area (Å²) in [6.45, 7) is 13.8. The van der Waals surface area contributed by atoms with E-state index in [9.17, 15) is 24.0 Å². The van der Waals surface area contributed by atoms with Gasteiger partial charge in [0.1, 0.15) is 6.10 Å². The van der Waals surface area contributed by atoms with Crippen molar-refractivity contribution >= 4 is 29.3 Å². The number of fused-ring (bicyclic) bond motifs is 2. The predicted octanol–water partition coefficient (Wildman–Crippen LogP) is 5.07.